The van der Waals surface area contributed by atoms with Gasteiger partial charge >= 0.3 is 0 Å². The predicted molar refractivity (Wildman–Crippen MR) is 161 cm³/mol. The van der Waals surface area contributed by atoms with E-state index in [9.17, 15) is 0 Å². The predicted octanol–water partition coefficient (Wildman–Crippen LogP) is 7.05. The van der Waals surface area contributed by atoms with Gasteiger partial charge in [0.2, 0.25) is 5.95 Å². The number of pyridine rings is 1. The monoisotopic (exact) mass is 549 g/mol. The van der Waals surface area contributed by atoms with E-state index in [-0.39, 0.29) is 12.1 Å². The van der Waals surface area contributed by atoms with Crippen LogP contribution in [0.4, 0.5) is 5.95 Å². The third kappa shape index (κ3) is 5.48. The summed E-state index contributed by atoms with van der Waals surface area (Å²) in [5.41, 5.74) is 11.5. The number of anilines is 1. The molecule has 3 heterocycles. The molecule has 0 bridgehead atoms. The Hall–Kier alpha value is -2.42. The summed E-state index contributed by atoms with van der Waals surface area (Å²) < 4.78 is 15.5. The maximum atomic E-state index is 6.93. The molecule has 3 aromatic rings. The SMILES string of the molecule is CC(C)[Si](OCC1CCN(c2nnc3ccc(OC4CCC(N)c5ccccc54)cn23)CC1)(C(C)C)C(C)C. The molecule has 2 aliphatic rings. The number of nitrogens with zero attached hydrogens (tertiary/aromatic N) is 4. The summed E-state index contributed by atoms with van der Waals surface area (Å²) in [7, 11) is -1.83. The lowest BCUT2D eigenvalue weighted by Gasteiger charge is -2.43. The molecule has 0 radical (unpaired) electrons. The van der Waals surface area contributed by atoms with Gasteiger partial charge in [0.25, 0.3) is 0 Å². The zero-order chi connectivity index (χ0) is 27.7. The molecule has 1 aliphatic heterocycles. The van der Waals surface area contributed by atoms with Gasteiger partial charge < -0.3 is 19.8 Å². The zero-order valence-corrected chi connectivity index (χ0v) is 25.6. The second-order valence-corrected chi connectivity index (χ2v) is 18.0. The van der Waals surface area contributed by atoms with Crippen LogP contribution in [0.25, 0.3) is 5.65 Å². The molecule has 39 heavy (non-hydrogen) atoms. The van der Waals surface area contributed by atoms with Gasteiger partial charge in [-0.15, -0.1) is 10.2 Å². The Morgan fingerprint density at radius 3 is 2.21 bits per heavy atom. The van der Waals surface area contributed by atoms with Gasteiger partial charge in [-0.05, 0) is 71.5 Å². The van der Waals surface area contributed by atoms with Gasteiger partial charge in [-0.2, -0.15) is 0 Å². The molecule has 1 aliphatic carbocycles. The van der Waals surface area contributed by atoms with Crippen LogP contribution < -0.4 is 15.4 Å². The van der Waals surface area contributed by atoms with E-state index in [1.165, 1.54) is 11.1 Å². The molecule has 0 spiro atoms. The van der Waals surface area contributed by atoms with E-state index in [0.29, 0.717) is 22.5 Å². The second-order valence-electron chi connectivity index (χ2n) is 12.6. The van der Waals surface area contributed by atoms with Gasteiger partial charge in [-0.25, -0.2) is 0 Å². The molecule has 2 N–H and O–H groups in total. The molecular formula is C31H47N5O2Si. The highest BCUT2D eigenvalue weighted by atomic mass is 28.4. The Bertz CT molecular complexity index is 1230. The maximum Gasteiger partial charge on any atom is 0.231 e. The minimum absolute atomic E-state index is 0.00677. The molecular weight excluding hydrogens is 502 g/mol. The second kappa shape index (κ2) is 11.6. The van der Waals surface area contributed by atoms with Crippen molar-refractivity contribution in [2.75, 3.05) is 24.6 Å². The number of piperidine rings is 1. The van der Waals surface area contributed by atoms with Crippen LogP contribution in [0, 0.1) is 5.92 Å². The number of fused-ring (bicyclic) bond motifs is 2. The van der Waals surface area contributed by atoms with E-state index in [1.807, 2.05) is 18.3 Å². The highest BCUT2D eigenvalue weighted by Gasteiger charge is 2.45. The van der Waals surface area contributed by atoms with Gasteiger partial charge in [0, 0.05) is 25.7 Å². The molecule has 8 heteroatoms. The highest BCUT2D eigenvalue weighted by Crippen LogP contribution is 2.43. The molecule has 7 nitrogen and oxygen atoms in total. The minimum Gasteiger partial charge on any atom is -0.484 e. The molecule has 2 unspecified atom stereocenters. The Morgan fingerprint density at radius 2 is 1.54 bits per heavy atom. The van der Waals surface area contributed by atoms with Gasteiger partial charge in [-0.1, -0.05) is 65.8 Å². The standard InChI is InChI=1S/C31H47N5O2Si/c1-21(2)39(22(3)4,23(5)6)37-20-24-15-17-35(18-16-24)31-34-33-30-14-11-25(19-36(30)31)38-29-13-12-28(32)26-9-7-8-10-27(26)29/h7-11,14,19,21-24,28-29H,12-13,15-18,20,32H2,1-6H3. The van der Waals surface area contributed by atoms with Crippen molar-refractivity contribution in [3.05, 3.63) is 53.7 Å². The van der Waals surface area contributed by atoms with E-state index in [4.69, 9.17) is 14.9 Å². The Labute approximate surface area is 235 Å². The largest absolute Gasteiger partial charge is 0.484 e. The molecule has 2 atom stereocenters. The van der Waals surface area contributed by atoms with Crippen LogP contribution in [0.3, 0.4) is 0 Å². The molecule has 1 fully saturated rings. The third-order valence-corrected chi connectivity index (χ3v) is 15.4. The number of benzene rings is 1. The zero-order valence-electron chi connectivity index (χ0n) is 24.6. The van der Waals surface area contributed by atoms with Crippen molar-refractivity contribution in [2.24, 2.45) is 11.7 Å². The summed E-state index contributed by atoms with van der Waals surface area (Å²) in [4.78, 5) is 2.37. The number of ether oxygens (including phenoxy) is 1. The van der Waals surface area contributed by atoms with Crippen LogP contribution >= 0.6 is 0 Å². The van der Waals surface area contributed by atoms with Crippen molar-refractivity contribution < 1.29 is 9.16 Å². The summed E-state index contributed by atoms with van der Waals surface area (Å²) in [5.74, 6) is 2.33. The molecule has 5 rings (SSSR count). The van der Waals surface area contributed by atoms with Crippen LogP contribution in [-0.2, 0) is 4.43 Å². The van der Waals surface area contributed by atoms with Crippen molar-refractivity contribution in [1.82, 2.24) is 14.6 Å². The Balaban J connectivity index is 1.25. The first-order chi connectivity index (χ1) is 18.7. The molecule has 2 aromatic heterocycles. The fourth-order valence-electron chi connectivity index (χ4n) is 7.28. The first-order valence-corrected chi connectivity index (χ1v) is 17.1. The summed E-state index contributed by atoms with van der Waals surface area (Å²) in [6.45, 7) is 17.0. The van der Waals surface area contributed by atoms with Crippen LogP contribution in [0.2, 0.25) is 16.6 Å². The lowest BCUT2D eigenvalue weighted by molar-refractivity contribution is 0.176. The van der Waals surface area contributed by atoms with E-state index in [0.717, 1.165) is 62.7 Å². The average molecular weight is 550 g/mol. The summed E-state index contributed by atoms with van der Waals surface area (Å²) in [6, 6.07) is 12.5. The molecule has 0 amide bonds. The lowest BCUT2D eigenvalue weighted by atomic mass is 9.86. The summed E-state index contributed by atoms with van der Waals surface area (Å²) in [5, 5.41) is 9.03. The van der Waals surface area contributed by atoms with E-state index in [2.05, 4.69) is 85.3 Å². The topological polar surface area (TPSA) is 77.9 Å². The van der Waals surface area contributed by atoms with Gasteiger partial charge in [0.1, 0.15) is 11.9 Å². The summed E-state index contributed by atoms with van der Waals surface area (Å²) in [6.07, 6.45) is 6.12. The maximum absolute atomic E-state index is 6.93. The Kier molecular flexibility index (Phi) is 8.36. The summed E-state index contributed by atoms with van der Waals surface area (Å²) >= 11 is 0. The van der Waals surface area contributed by atoms with E-state index in [1.54, 1.807) is 0 Å². The van der Waals surface area contributed by atoms with Crippen molar-refractivity contribution in [3.8, 4) is 5.75 Å². The van der Waals surface area contributed by atoms with Crippen LogP contribution in [-0.4, -0.2) is 42.6 Å². The molecule has 212 valence electrons. The van der Waals surface area contributed by atoms with Gasteiger partial charge in [-0.3, -0.25) is 4.40 Å². The first kappa shape index (κ1) is 28.1. The van der Waals surface area contributed by atoms with Crippen molar-refractivity contribution >= 4 is 19.9 Å². The van der Waals surface area contributed by atoms with Crippen LogP contribution in [0.5, 0.6) is 5.75 Å². The molecule has 1 saturated heterocycles. The van der Waals surface area contributed by atoms with Crippen molar-refractivity contribution in [2.45, 2.75) is 96.0 Å². The fraction of sp³-hybridized carbons (Fsp3) is 0.613. The number of hydrogen-bond donors (Lipinski definition) is 1. The van der Waals surface area contributed by atoms with Crippen molar-refractivity contribution in [1.29, 1.82) is 0 Å². The van der Waals surface area contributed by atoms with Crippen LogP contribution in [0.1, 0.15) is 90.5 Å². The first-order valence-electron chi connectivity index (χ1n) is 15.0. The Morgan fingerprint density at radius 1 is 0.872 bits per heavy atom. The van der Waals surface area contributed by atoms with Gasteiger partial charge in [0.05, 0.1) is 6.20 Å². The highest BCUT2D eigenvalue weighted by molar-refractivity contribution is 6.77. The lowest BCUT2D eigenvalue weighted by Crippen LogP contribution is -2.49. The molecule has 0 saturated carbocycles. The minimum atomic E-state index is -1.83. The number of aromatic nitrogens is 3. The quantitative estimate of drug-likeness (QED) is 0.288. The smallest absolute Gasteiger partial charge is 0.231 e. The van der Waals surface area contributed by atoms with Gasteiger partial charge in [0.15, 0.2) is 14.0 Å². The number of hydrogen-bond acceptors (Lipinski definition) is 6. The number of nitrogens with two attached hydrogens (primary N) is 1. The molecule has 1 aromatic carbocycles. The van der Waals surface area contributed by atoms with E-state index < -0.39 is 8.32 Å². The third-order valence-electron chi connectivity index (χ3n) is 9.29. The fourth-order valence-corrected chi connectivity index (χ4v) is 12.8. The average Bonchev–Trinajstić information content (AvgIpc) is 3.34. The normalized spacial score (nSPS) is 20.8. The van der Waals surface area contributed by atoms with Crippen molar-refractivity contribution in [3.63, 3.8) is 0 Å². The van der Waals surface area contributed by atoms with Crippen LogP contribution in [0.15, 0.2) is 42.6 Å². The number of rotatable bonds is 9. The van der Waals surface area contributed by atoms with E-state index >= 15 is 0 Å².